The summed E-state index contributed by atoms with van der Waals surface area (Å²) in [6, 6.07) is 8.39. The molecule has 20 heavy (non-hydrogen) atoms. The van der Waals surface area contributed by atoms with Gasteiger partial charge in [0.05, 0.1) is 5.60 Å². The molecule has 0 radical (unpaired) electrons. The number of rotatable bonds is 5. The van der Waals surface area contributed by atoms with Crippen molar-refractivity contribution in [1.82, 2.24) is 10.2 Å². The van der Waals surface area contributed by atoms with E-state index in [9.17, 15) is 5.11 Å². The molecule has 1 saturated heterocycles. The molecule has 112 valence electrons. The third-order valence-electron chi connectivity index (χ3n) is 4.27. The summed E-state index contributed by atoms with van der Waals surface area (Å²) in [7, 11) is 1.99. The topological polar surface area (TPSA) is 35.5 Å². The fourth-order valence-electron chi connectivity index (χ4n) is 2.77. The Bertz CT molecular complexity index is 426. The van der Waals surface area contributed by atoms with Crippen molar-refractivity contribution in [2.45, 2.75) is 37.8 Å². The van der Waals surface area contributed by atoms with Gasteiger partial charge < -0.3 is 15.3 Å². The zero-order chi connectivity index (χ0) is 14.6. The van der Waals surface area contributed by atoms with E-state index >= 15 is 0 Å². The molecule has 2 N–H and O–H groups in total. The lowest BCUT2D eigenvalue weighted by molar-refractivity contribution is -0.00593. The van der Waals surface area contributed by atoms with Crippen LogP contribution in [-0.4, -0.2) is 42.3 Å². The van der Waals surface area contributed by atoms with Crippen LogP contribution in [0.15, 0.2) is 24.3 Å². The zero-order valence-electron chi connectivity index (χ0n) is 12.4. The minimum atomic E-state index is -0.466. The van der Waals surface area contributed by atoms with Gasteiger partial charge in [0.25, 0.3) is 0 Å². The summed E-state index contributed by atoms with van der Waals surface area (Å²) in [4.78, 5) is 2.44. The molecular weight excluding hydrogens is 272 g/mol. The number of nitrogens with zero attached hydrogens (tertiary/aromatic N) is 1. The highest BCUT2D eigenvalue weighted by molar-refractivity contribution is 6.30. The Kier molecular flexibility index (Phi) is 5.44. The summed E-state index contributed by atoms with van der Waals surface area (Å²) in [6.07, 6.45) is 2.79. The molecule has 1 aromatic rings. The van der Waals surface area contributed by atoms with Gasteiger partial charge in [-0.05, 0) is 57.5 Å². The van der Waals surface area contributed by atoms with E-state index in [1.807, 2.05) is 32.2 Å². The van der Waals surface area contributed by atoms with Gasteiger partial charge in [0.15, 0.2) is 0 Å². The van der Waals surface area contributed by atoms with E-state index in [1.54, 1.807) is 0 Å². The van der Waals surface area contributed by atoms with E-state index in [2.05, 4.69) is 16.3 Å². The molecule has 1 atom stereocenters. The molecule has 1 heterocycles. The average molecular weight is 297 g/mol. The lowest BCUT2D eigenvalue weighted by Gasteiger charge is -2.36. The highest BCUT2D eigenvalue weighted by Crippen LogP contribution is 2.24. The van der Waals surface area contributed by atoms with Crippen molar-refractivity contribution in [3.8, 4) is 0 Å². The van der Waals surface area contributed by atoms with Crippen LogP contribution < -0.4 is 5.32 Å². The normalized spacial score (nSPS) is 20.8. The first-order valence-electron chi connectivity index (χ1n) is 7.38. The Morgan fingerprint density at radius 3 is 2.70 bits per heavy atom. The number of piperidine rings is 1. The van der Waals surface area contributed by atoms with Gasteiger partial charge in [0.2, 0.25) is 0 Å². The number of benzene rings is 1. The van der Waals surface area contributed by atoms with Gasteiger partial charge in [-0.15, -0.1) is 0 Å². The minimum absolute atomic E-state index is 0.330. The molecule has 0 amide bonds. The SMILES string of the molecule is CNC(CCN1CCC(C)(O)CC1)c1cccc(Cl)c1. The van der Waals surface area contributed by atoms with E-state index in [0.29, 0.717) is 6.04 Å². The Morgan fingerprint density at radius 1 is 1.40 bits per heavy atom. The summed E-state index contributed by atoms with van der Waals surface area (Å²) in [6.45, 7) is 4.96. The number of aliphatic hydroxyl groups is 1. The Balaban J connectivity index is 1.86. The van der Waals surface area contributed by atoms with Crippen molar-refractivity contribution in [3.05, 3.63) is 34.9 Å². The maximum atomic E-state index is 9.97. The summed E-state index contributed by atoms with van der Waals surface area (Å²) in [5.74, 6) is 0. The number of nitrogens with one attached hydrogen (secondary N) is 1. The number of likely N-dealkylation sites (tertiary alicyclic amines) is 1. The van der Waals surface area contributed by atoms with Gasteiger partial charge in [-0.3, -0.25) is 0 Å². The van der Waals surface area contributed by atoms with Crippen molar-refractivity contribution >= 4 is 11.6 Å². The molecule has 4 heteroatoms. The van der Waals surface area contributed by atoms with Crippen molar-refractivity contribution in [2.75, 3.05) is 26.7 Å². The quantitative estimate of drug-likeness (QED) is 0.877. The molecule has 1 aliphatic heterocycles. The van der Waals surface area contributed by atoms with Crippen LogP contribution in [0, 0.1) is 0 Å². The Morgan fingerprint density at radius 2 is 2.10 bits per heavy atom. The molecule has 1 unspecified atom stereocenters. The van der Waals surface area contributed by atoms with Gasteiger partial charge in [0, 0.05) is 24.2 Å². The number of hydrogen-bond donors (Lipinski definition) is 2. The molecule has 0 saturated carbocycles. The first kappa shape index (κ1) is 15.8. The molecule has 0 aliphatic carbocycles. The van der Waals surface area contributed by atoms with Gasteiger partial charge >= 0.3 is 0 Å². The predicted molar refractivity (Wildman–Crippen MR) is 84.2 cm³/mol. The monoisotopic (exact) mass is 296 g/mol. The number of hydrogen-bond acceptors (Lipinski definition) is 3. The largest absolute Gasteiger partial charge is 0.390 e. The second kappa shape index (κ2) is 6.90. The average Bonchev–Trinajstić information content (AvgIpc) is 2.41. The van der Waals surface area contributed by atoms with Gasteiger partial charge in [-0.25, -0.2) is 0 Å². The summed E-state index contributed by atoms with van der Waals surface area (Å²) >= 11 is 6.06. The first-order valence-corrected chi connectivity index (χ1v) is 7.75. The second-order valence-corrected chi connectivity index (χ2v) is 6.46. The third-order valence-corrected chi connectivity index (χ3v) is 4.50. The molecule has 0 spiro atoms. The molecule has 0 aromatic heterocycles. The Hall–Kier alpha value is -0.610. The fraction of sp³-hybridized carbons (Fsp3) is 0.625. The molecule has 1 aromatic carbocycles. The van der Waals surface area contributed by atoms with Crippen molar-refractivity contribution in [1.29, 1.82) is 0 Å². The summed E-state index contributed by atoms with van der Waals surface area (Å²) in [5.41, 5.74) is 0.773. The highest BCUT2D eigenvalue weighted by Gasteiger charge is 2.27. The third kappa shape index (κ3) is 4.45. The standard InChI is InChI=1S/C16H25ClN2O/c1-16(20)7-10-19(11-8-16)9-6-15(18-2)13-4-3-5-14(17)12-13/h3-5,12,15,18,20H,6-11H2,1-2H3. The van der Waals surface area contributed by atoms with E-state index in [-0.39, 0.29) is 0 Å². The van der Waals surface area contributed by atoms with E-state index in [0.717, 1.165) is 43.9 Å². The van der Waals surface area contributed by atoms with E-state index in [1.165, 1.54) is 5.56 Å². The van der Waals surface area contributed by atoms with E-state index < -0.39 is 5.60 Å². The molecule has 1 fully saturated rings. The number of halogens is 1. The summed E-state index contributed by atoms with van der Waals surface area (Å²) in [5, 5.41) is 14.1. The van der Waals surface area contributed by atoms with Gasteiger partial charge in [-0.1, -0.05) is 23.7 Å². The van der Waals surface area contributed by atoms with Crippen LogP contribution in [0.4, 0.5) is 0 Å². The van der Waals surface area contributed by atoms with Gasteiger partial charge in [-0.2, -0.15) is 0 Å². The van der Waals surface area contributed by atoms with Crippen LogP contribution in [0.5, 0.6) is 0 Å². The predicted octanol–water partition coefficient (Wildman–Crippen LogP) is 2.84. The Labute approximate surface area is 126 Å². The first-order chi connectivity index (χ1) is 9.50. The lowest BCUT2D eigenvalue weighted by Crippen LogP contribution is -2.43. The van der Waals surface area contributed by atoms with Crippen molar-refractivity contribution in [3.63, 3.8) is 0 Å². The maximum Gasteiger partial charge on any atom is 0.0644 e. The molecule has 1 aliphatic rings. The molecule has 0 bridgehead atoms. The summed E-state index contributed by atoms with van der Waals surface area (Å²) < 4.78 is 0. The van der Waals surface area contributed by atoms with Crippen molar-refractivity contribution in [2.24, 2.45) is 0 Å². The van der Waals surface area contributed by atoms with Crippen LogP contribution in [0.2, 0.25) is 5.02 Å². The second-order valence-electron chi connectivity index (χ2n) is 6.02. The molecular formula is C16H25ClN2O. The van der Waals surface area contributed by atoms with Crippen LogP contribution in [-0.2, 0) is 0 Å². The van der Waals surface area contributed by atoms with Gasteiger partial charge in [0.1, 0.15) is 0 Å². The van der Waals surface area contributed by atoms with Crippen molar-refractivity contribution < 1.29 is 5.11 Å². The van der Waals surface area contributed by atoms with Crippen LogP contribution in [0.25, 0.3) is 0 Å². The van der Waals surface area contributed by atoms with Crippen LogP contribution in [0.1, 0.15) is 37.8 Å². The minimum Gasteiger partial charge on any atom is -0.390 e. The zero-order valence-corrected chi connectivity index (χ0v) is 13.2. The molecule has 3 nitrogen and oxygen atoms in total. The lowest BCUT2D eigenvalue weighted by atomic mass is 9.93. The maximum absolute atomic E-state index is 9.97. The molecule has 2 rings (SSSR count). The highest BCUT2D eigenvalue weighted by atomic mass is 35.5. The fourth-order valence-corrected chi connectivity index (χ4v) is 2.97. The van der Waals surface area contributed by atoms with Crippen LogP contribution in [0.3, 0.4) is 0 Å². The van der Waals surface area contributed by atoms with E-state index in [4.69, 9.17) is 11.6 Å². The smallest absolute Gasteiger partial charge is 0.0644 e. The van der Waals surface area contributed by atoms with Crippen LogP contribution >= 0.6 is 11.6 Å².